The van der Waals surface area contributed by atoms with Gasteiger partial charge in [-0.25, -0.2) is 23.1 Å². The lowest BCUT2D eigenvalue weighted by molar-refractivity contribution is 0.447. The van der Waals surface area contributed by atoms with Crippen LogP contribution in [0.15, 0.2) is 18.2 Å². The molecule has 0 amide bonds. The number of nitrogens with zero attached hydrogens (tertiary/aromatic N) is 2. The van der Waals surface area contributed by atoms with E-state index in [1.54, 1.807) is 6.07 Å². The van der Waals surface area contributed by atoms with Crippen LogP contribution in [0.2, 0.25) is 0 Å². The van der Waals surface area contributed by atoms with Crippen molar-refractivity contribution in [1.29, 1.82) is 0 Å². The van der Waals surface area contributed by atoms with Crippen LogP contribution in [0.1, 0.15) is 32.4 Å². The molecule has 1 aromatic heterocycles. The molecule has 0 saturated carbocycles. The Balaban J connectivity index is 2.57. The van der Waals surface area contributed by atoms with E-state index < -0.39 is 17.5 Å². The zero-order valence-corrected chi connectivity index (χ0v) is 12.0. The van der Waals surface area contributed by atoms with Crippen molar-refractivity contribution in [3.05, 3.63) is 41.3 Å². The second-order valence-corrected chi connectivity index (χ2v) is 4.94. The quantitative estimate of drug-likeness (QED) is 0.862. The van der Waals surface area contributed by atoms with E-state index in [-0.39, 0.29) is 17.3 Å². The lowest BCUT2D eigenvalue weighted by Gasteiger charge is -2.11. The first-order chi connectivity index (χ1) is 9.92. The third-order valence-electron chi connectivity index (χ3n) is 2.94. The summed E-state index contributed by atoms with van der Waals surface area (Å²) in [6.45, 7) is 6.47. The van der Waals surface area contributed by atoms with Crippen molar-refractivity contribution in [2.45, 2.75) is 26.7 Å². The molecule has 3 nitrogen and oxygen atoms in total. The molecule has 0 radical (unpaired) electrons. The van der Waals surface area contributed by atoms with Crippen LogP contribution in [0, 0.1) is 17.5 Å². The van der Waals surface area contributed by atoms with Crippen LogP contribution in [-0.2, 0) is 0 Å². The molecule has 1 aromatic carbocycles. The third kappa shape index (κ3) is 3.32. The van der Waals surface area contributed by atoms with Crippen molar-refractivity contribution in [2.24, 2.45) is 0 Å². The van der Waals surface area contributed by atoms with Crippen LogP contribution < -0.4 is 5.32 Å². The summed E-state index contributed by atoms with van der Waals surface area (Å²) in [5, 5.41) is 3.04. The summed E-state index contributed by atoms with van der Waals surface area (Å²) in [6, 6.07) is 3.58. The maximum Gasteiger partial charge on any atom is 0.194 e. The fourth-order valence-electron chi connectivity index (χ4n) is 1.85. The van der Waals surface area contributed by atoms with Crippen LogP contribution >= 0.6 is 0 Å². The van der Waals surface area contributed by atoms with Crippen molar-refractivity contribution < 1.29 is 13.2 Å². The molecule has 1 heterocycles. The van der Waals surface area contributed by atoms with Gasteiger partial charge in [-0.2, -0.15) is 0 Å². The molecule has 0 aliphatic rings. The van der Waals surface area contributed by atoms with Crippen LogP contribution in [0.4, 0.5) is 19.0 Å². The highest BCUT2D eigenvalue weighted by atomic mass is 19.2. The van der Waals surface area contributed by atoms with Gasteiger partial charge in [0.1, 0.15) is 5.82 Å². The molecule has 2 aromatic rings. The van der Waals surface area contributed by atoms with Crippen LogP contribution in [-0.4, -0.2) is 16.5 Å². The summed E-state index contributed by atoms with van der Waals surface area (Å²) >= 11 is 0. The average molecular weight is 295 g/mol. The maximum atomic E-state index is 13.3. The summed E-state index contributed by atoms with van der Waals surface area (Å²) in [5.41, 5.74) is 0.842. The molecule has 6 heteroatoms. The van der Waals surface area contributed by atoms with E-state index in [2.05, 4.69) is 15.3 Å². The molecule has 0 unspecified atom stereocenters. The summed E-state index contributed by atoms with van der Waals surface area (Å²) in [5.74, 6) is -3.15. The first-order valence-electron chi connectivity index (χ1n) is 6.70. The summed E-state index contributed by atoms with van der Waals surface area (Å²) < 4.78 is 39.7. The minimum atomic E-state index is -1.49. The smallest absolute Gasteiger partial charge is 0.194 e. The number of benzene rings is 1. The Hall–Kier alpha value is -2.11. The molecule has 0 bridgehead atoms. The SMILES string of the molecule is CCNc1cc(C(C)C)nc(-c2cc(F)c(F)c(F)c2)n1. The second-order valence-electron chi connectivity index (χ2n) is 4.94. The Morgan fingerprint density at radius 2 is 1.67 bits per heavy atom. The molecule has 0 atom stereocenters. The number of halogens is 3. The Morgan fingerprint density at radius 3 is 2.19 bits per heavy atom. The molecule has 21 heavy (non-hydrogen) atoms. The summed E-state index contributed by atoms with van der Waals surface area (Å²) in [6.07, 6.45) is 0. The van der Waals surface area contributed by atoms with Gasteiger partial charge in [-0.3, -0.25) is 0 Å². The number of nitrogens with one attached hydrogen (secondary N) is 1. The fraction of sp³-hybridized carbons (Fsp3) is 0.333. The van der Waals surface area contributed by atoms with Crippen LogP contribution in [0.5, 0.6) is 0 Å². The highest BCUT2D eigenvalue weighted by Crippen LogP contribution is 2.24. The fourth-order valence-corrected chi connectivity index (χ4v) is 1.85. The zero-order valence-electron chi connectivity index (χ0n) is 12.0. The highest BCUT2D eigenvalue weighted by molar-refractivity contribution is 5.58. The van der Waals surface area contributed by atoms with Crippen LogP contribution in [0.25, 0.3) is 11.4 Å². The molecule has 0 aliphatic heterocycles. The predicted octanol–water partition coefficient (Wildman–Crippen LogP) is 4.12. The largest absolute Gasteiger partial charge is 0.370 e. The van der Waals surface area contributed by atoms with Crippen molar-refractivity contribution in [2.75, 3.05) is 11.9 Å². The van der Waals surface area contributed by atoms with Crippen molar-refractivity contribution in [3.63, 3.8) is 0 Å². The Morgan fingerprint density at radius 1 is 1.05 bits per heavy atom. The molecule has 0 saturated heterocycles. The van der Waals surface area contributed by atoms with Gasteiger partial charge in [0, 0.05) is 23.9 Å². The minimum absolute atomic E-state index is 0.105. The van der Waals surface area contributed by atoms with Gasteiger partial charge >= 0.3 is 0 Å². The molecule has 1 N–H and O–H groups in total. The Kier molecular flexibility index (Phi) is 4.45. The highest BCUT2D eigenvalue weighted by Gasteiger charge is 2.15. The lowest BCUT2D eigenvalue weighted by Crippen LogP contribution is -2.05. The van der Waals surface area contributed by atoms with E-state index in [0.29, 0.717) is 12.4 Å². The second kappa shape index (κ2) is 6.11. The molecule has 0 spiro atoms. The standard InChI is InChI=1S/C15H16F3N3/c1-4-19-13-7-12(8(2)3)20-15(21-13)9-5-10(16)14(18)11(17)6-9/h5-8H,4H2,1-3H3,(H,19,20,21). The minimum Gasteiger partial charge on any atom is -0.370 e. The van der Waals surface area contributed by atoms with Gasteiger partial charge in [0.25, 0.3) is 0 Å². The van der Waals surface area contributed by atoms with Gasteiger partial charge in [-0.15, -0.1) is 0 Å². The van der Waals surface area contributed by atoms with E-state index >= 15 is 0 Å². The molecular formula is C15H16F3N3. The number of rotatable bonds is 4. The monoisotopic (exact) mass is 295 g/mol. The lowest BCUT2D eigenvalue weighted by atomic mass is 10.1. The molecule has 2 rings (SSSR count). The number of aromatic nitrogens is 2. The third-order valence-corrected chi connectivity index (χ3v) is 2.94. The van der Waals surface area contributed by atoms with Gasteiger partial charge in [-0.05, 0) is 25.0 Å². The molecule has 0 aliphatic carbocycles. The van der Waals surface area contributed by atoms with Gasteiger partial charge in [-0.1, -0.05) is 13.8 Å². The molecular weight excluding hydrogens is 279 g/mol. The predicted molar refractivity (Wildman–Crippen MR) is 75.6 cm³/mol. The van der Waals surface area contributed by atoms with E-state index in [9.17, 15) is 13.2 Å². The van der Waals surface area contributed by atoms with Crippen molar-refractivity contribution in [1.82, 2.24) is 9.97 Å². The topological polar surface area (TPSA) is 37.8 Å². The van der Waals surface area contributed by atoms with Gasteiger partial charge in [0.15, 0.2) is 23.3 Å². The Labute approximate surface area is 121 Å². The summed E-state index contributed by atoms with van der Waals surface area (Å²) in [4.78, 5) is 8.50. The molecule has 0 fully saturated rings. The summed E-state index contributed by atoms with van der Waals surface area (Å²) in [7, 11) is 0. The number of hydrogen-bond acceptors (Lipinski definition) is 3. The van der Waals surface area contributed by atoms with E-state index in [0.717, 1.165) is 17.8 Å². The first-order valence-corrected chi connectivity index (χ1v) is 6.70. The van der Waals surface area contributed by atoms with E-state index in [4.69, 9.17) is 0 Å². The van der Waals surface area contributed by atoms with Crippen molar-refractivity contribution in [3.8, 4) is 11.4 Å². The van der Waals surface area contributed by atoms with Crippen molar-refractivity contribution >= 4 is 5.82 Å². The molecule has 112 valence electrons. The average Bonchev–Trinajstić information content (AvgIpc) is 2.44. The van der Waals surface area contributed by atoms with Gasteiger partial charge < -0.3 is 5.32 Å². The van der Waals surface area contributed by atoms with E-state index in [1.165, 1.54) is 0 Å². The van der Waals surface area contributed by atoms with Gasteiger partial charge in [0.05, 0.1) is 0 Å². The van der Waals surface area contributed by atoms with Crippen LogP contribution in [0.3, 0.4) is 0 Å². The number of hydrogen-bond donors (Lipinski definition) is 1. The normalized spacial score (nSPS) is 11.0. The van der Waals surface area contributed by atoms with Gasteiger partial charge in [0.2, 0.25) is 0 Å². The van der Waals surface area contributed by atoms with E-state index in [1.807, 2.05) is 20.8 Å². The maximum absolute atomic E-state index is 13.3. The number of anilines is 1. The first kappa shape index (κ1) is 15.3. The zero-order chi connectivity index (χ0) is 15.6. The Bertz CT molecular complexity index is 634.